The zero-order valence-electron chi connectivity index (χ0n) is 18.4. The number of rotatable bonds is 11. The molecular formula is C21H36N4O3S. The topological polar surface area (TPSA) is 88.3 Å². The summed E-state index contributed by atoms with van der Waals surface area (Å²) in [5.41, 5.74) is 0. The van der Waals surface area contributed by atoms with E-state index in [0.717, 1.165) is 38.0 Å². The van der Waals surface area contributed by atoms with Crippen LogP contribution in [-0.2, 0) is 4.79 Å². The summed E-state index contributed by atoms with van der Waals surface area (Å²) in [6, 6.07) is -0.144. The molecule has 0 aliphatic heterocycles. The van der Waals surface area contributed by atoms with Crippen LogP contribution < -0.4 is 5.32 Å². The van der Waals surface area contributed by atoms with Crippen molar-refractivity contribution in [3.8, 4) is 0 Å². The summed E-state index contributed by atoms with van der Waals surface area (Å²) in [7, 11) is 2.07. The van der Waals surface area contributed by atoms with E-state index >= 15 is 0 Å². The Bertz CT molecular complexity index is 656. The lowest BCUT2D eigenvalue weighted by molar-refractivity contribution is -0.126. The van der Waals surface area contributed by atoms with Crippen molar-refractivity contribution in [1.29, 1.82) is 0 Å². The fourth-order valence-corrected chi connectivity index (χ4v) is 4.20. The van der Waals surface area contributed by atoms with Gasteiger partial charge in [0.25, 0.3) is 11.1 Å². The van der Waals surface area contributed by atoms with Crippen LogP contribution in [0.5, 0.6) is 0 Å². The number of ketones is 1. The largest absolute Gasteiger partial charge is 0.408 e. The number of hydrogen-bond donors (Lipinski definition) is 1. The molecule has 0 saturated heterocycles. The fraction of sp³-hybridized carbons (Fsp3) is 0.810. The van der Waals surface area contributed by atoms with Crippen molar-refractivity contribution in [2.75, 3.05) is 19.3 Å². The highest BCUT2D eigenvalue weighted by molar-refractivity contribution is 7.99. The Kier molecular flexibility index (Phi) is 9.62. The molecule has 0 radical (unpaired) electrons. The molecular weight excluding hydrogens is 388 g/mol. The van der Waals surface area contributed by atoms with Gasteiger partial charge in [0.1, 0.15) is 0 Å². The smallest absolute Gasteiger partial charge is 0.286 e. The molecule has 1 aromatic rings. The first-order valence-electron chi connectivity index (χ1n) is 10.8. The normalized spacial score (nSPS) is 16.6. The van der Waals surface area contributed by atoms with Gasteiger partial charge in [-0.25, -0.2) is 0 Å². The summed E-state index contributed by atoms with van der Waals surface area (Å²) in [5, 5.41) is 11.3. The van der Waals surface area contributed by atoms with E-state index in [1.54, 1.807) is 0 Å². The molecule has 8 heteroatoms. The maximum Gasteiger partial charge on any atom is 0.286 e. The number of amides is 1. The van der Waals surface area contributed by atoms with Crippen LogP contribution in [0, 0.1) is 11.8 Å². The molecule has 1 N–H and O–H groups in total. The molecule has 1 aliphatic carbocycles. The standard InChI is InChI=1S/C21H36N4O3S/c1-14(2)13-17(22-19(27)16-9-7-6-8-10-16)18(26)20-23-24-21(28-20)29-12-11-25(5)15(3)4/h14-17H,6-13H2,1-5H3,(H,22,27). The molecule has 1 heterocycles. The van der Waals surface area contributed by atoms with Crippen LogP contribution in [0.4, 0.5) is 0 Å². The van der Waals surface area contributed by atoms with Gasteiger partial charge in [0.05, 0.1) is 6.04 Å². The predicted octanol–water partition coefficient (Wildman–Crippen LogP) is 3.80. The molecule has 0 aromatic carbocycles. The molecule has 164 valence electrons. The molecule has 1 amide bonds. The van der Waals surface area contributed by atoms with Gasteiger partial charge in [0, 0.05) is 24.3 Å². The summed E-state index contributed by atoms with van der Waals surface area (Å²) < 4.78 is 5.60. The number of thioether (sulfide) groups is 1. The summed E-state index contributed by atoms with van der Waals surface area (Å²) in [6.45, 7) is 9.25. The number of nitrogens with zero attached hydrogens (tertiary/aromatic N) is 3. The minimum absolute atomic E-state index is 0.0120. The average molecular weight is 425 g/mol. The minimum Gasteiger partial charge on any atom is -0.408 e. The van der Waals surface area contributed by atoms with Crippen molar-refractivity contribution in [3.05, 3.63) is 5.89 Å². The van der Waals surface area contributed by atoms with E-state index in [9.17, 15) is 9.59 Å². The van der Waals surface area contributed by atoms with Gasteiger partial charge in [-0.3, -0.25) is 9.59 Å². The van der Waals surface area contributed by atoms with E-state index in [2.05, 4.69) is 41.3 Å². The molecule has 0 spiro atoms. The summed E-state index contributed by atoms with van der Waals surface area (Å²) in [6.07, 6.45) is 5.71. The monoisotopic (exact) mass is 424 g/mol. The van der Waals surface area contributed by atoms with E-state index in [4.69, 9.17) is 4.42 Å². The molecule has 1 aliphatic rings. The van der Waals surface area contributed by atoms with Gasteiger partial charge in [-0.15, -0.1) is 10.2 Å². The van der Waals surface area contributed by atoms with Gasteiger partial charge >= 0.3 is 0 Å². The second-order valence-corrected chi connectivity index (χ2v) is 9.73. The van der Waals surface area contributed by atoms with E-state index in [1.807, 2.05) is 13.8 Å². The van der Waals surface area contributed by atoms with Crippen LogP contribution in [0.3, 0.4) is 0 Å². The highest BCUT2D eigenvalue weighted by Gasteiger charge is 2.30. The van der Waals surface area contributed by atoms with Crippen LogP contribution in [0.15, 0.2) is 9.64 Å². The number of carbonyl (C=O) groups excluding carboxylic acids is 2. The van der Waals surface area contributed by atoms with Gasteiger partial charge in [0.15, 0.2) is 0 Å². The number of Topliss-reactive ketones (excluding diaryl/α,β-unsaturated/α-hetero) is 1. The fourth-order valence-electron chi connectivity index (χ4n) is 3.41. The zero-order chi connectivity index (χ0) is 21.4. The lowest BCUT2D eigenvalue weighted by Gasteiger charge is -2.24. The average Bonchev–Trinajstić information content (AvgIpc) is 3.15. The Morgan fingerprint density at radius 3 is 2.48 bits per heavy atom. The van der Waals surface area contributed by atoms with Crippen molar-refractivity contribution < 1.29 is 14.0 Å². The predicted molar refractivity (Wildman–Crippen MR) is 115 cm³/mol. The van der Waals surface area contributed by atoms with Gasteiger partial charge in [0.2, 0.25) is 11.7 Å². The molecule has 1 saturated carbocycles. The second kappa shape index (κ2) is 11.7. The number of nitrogens with one attached hydrogen (secondary N) is 1. The molecule has 1 atom stereocenters. The first-order chi connectivity index (χ1) is 13.8. The van der Waals surface area contributed by atoms with Crippen LogP contribution in [0.25, 0.3) is 0 Å². The molecule has 29 heavy (non-hydrogen) atoms. The second-order valence-electron chi connectivity index (χ2n) is 8.69. The summed E-state index contributed by atoms with van der Waals surface area (Å²) in [5.74, 6) is 0.755. The number of hydrogen-bond acceptors (Lipinski definition) is 7. The third-order valence-corrected chi connectivity index (χ3v) is 6.28. The Balaban J connectivity index is 1.96. The molecule has 0 bridgehead atoms. The van der Waals surface area contributed by atoms with Gasteiger partial charge in [-0.1, -0.05) is 44.9 Å². The van der Waals surface area contributed by atoms with Crippen molar-refractivity contribution in [2.24, 2.45) is 11.8 Å². The summed E-state index contributed by atoms with van der Waals surface area (Å²) in [4.78, 5) is 27.8. The SMILES string of the molecule is CC(C)CC(NC(=O)C1CCCCC1)C(=O)c1nnc(SCCN(C)C(C)C)o1. The van der Waals surface area contributed by atoms with Crippen molar-refractivity contribution in [2.45, 2.75) is 83.5 Å². The Morgan fingerprint density at radius 1 is 1.17 bits per heavy atom. The zero-order valence-corrected chi connectivity index (χ0v) is 19.3. The van der Waals surface area contributed by atoms with Gasteiger partial charge in [-0.2, -0.15) is 0 Å². The highest BCUT2D eigenvalue weighted by Crippen LogP contribution is 2.24. The number of carbonyl (C=O) groups is 2. The van der Waals surface area contributed by atoms with Gasteiger partial charge in [-0.05, 0) is 46.1 Å². The van der Waals surface area contributed by atoms with Crippen molar-refractivity contribution in [3.63, 3.8) is 0 Å². The van der Waals surface area contributed by atoms with E-state index in [-0.39, 0.29) is 29.4 Å². The first-order valence-corrected chi connectivity index (χ1v) is 11.8. The molecule has 1 aromatic heterocycles. The Hall–Kier alpha value is -1.41. The third kappa shape index (κ3) is 7.74. The summed E-state index contributed by atoms with van der Waals surface area (Å²) >= 11 is 1.45. The molecule has 7 nitrogen and oxygen atoms in total. The lowest BCUT2D eigenvalue weighted by Crippen LogP contribution is -2.45. The van der Waals surface area contributed by atoms with E-state index < -0.39 is 6.04 Å². The Morgan fingerprint density at radius 2 is 1.86 bits per heavy atom. The van der Waals surface area contributed by atoms with E-state index in [1.165, 1.54) is 18.2 Å². The van der Waals surface area contributed by atoms with Crippen LogP contribution >= 0.6 is 11.8 Å². The van der Waals surface area contributed by atoms with Crippen LogP contribution in [0.1, 0.15) is 76.9 Å². The van der Waals surface area contributed by atoms with Crippen LogP contribution in [0.2, 0.25) is 0 Å². The van der Waals surface area contributed by atoms with E-state index in [0.29, 0.717) is 17.7 Å². The van der Waals surface area contributed by atoms with Crippen molar-refractivity contribution >= 4 is 23.5 Å². The maximum atomic E-state index is 13.0. The van der Waals surface area contributed by atoms with Crippen LogP contribution in [-0.4, -0.2) is 58.2 Å². The molecule has 1 fully saturated rings. The minimum atomic E-state index is -0.616. The van der Waals surface area contributed by atoms with Gasteiger partial charge < -0.3 is 14.6 Å². The quantitative estimate of drug-likeness (QED) is 0.427. The lowest BCUT2D eigenvalue weighted by atomic mass is 9.88. The Labute approximate surface area is 178 Å². The third-order valence-electron chi connectivity index (χ3n) is 5.48. The molecule has 2 rings (SSSR count). The first kappa shape index (κ1) is 23.9. The maximum absolute atomic E-state index is 13.0. The molecule has 1 unspecified atom stereocenters. The van der Waals surface area contributed by atoms with Crippen molar-refractivity contribution in [1.82, 2.24) is 20.4 Å². The number of aromatic nitrogens is 2. The highest BCUT2D eigenvalue weighted by atomic mass is 32.2.